The number of anilines is 1. The van der Waals surface area contributed by atoms with Gasteiger partial charge in [0, 0.05) is 18.3 Å². The number of aliphatic hydroxyl groups is 1. The van der Waals surface area contributed by atoms with Gasteiger partial charge in [0.1, 0.15) is 5.92 Å². The summed E-state index contributed by atoms with van der Waals surface area (Å²) in [6.45, 7) is -0.00526. The van der Waals surface area contributed by atoms with Crippen LogP contribution in [0.15, 0.2) is 18.2 Å². The van der Waals surface area contributed by atoms with Gasteiger partial charge in [-0.25, -0.2) is 8.78 Å². The Kier molecular flexibility index (Phi) is 3.24. The van der Waals surface area contributed by atoms with Gasteiger partial charge in [0.15, 0.2) is 11.6 Å². The van der Waals surface area contributed by atoms with Gasteiger partial charge in [-0.3, -0.25) is 9.59 Å². The minimum atomic E-state index is -1.24. The summed E-state index contributed by atoms with van der Waals surface area (Å²) >= 11 is 0. The van der Waals surface area contributed by atoms with Crippen molar-refractivity contribution in [1.29, 1.82) is 0 Å². The molecular formula is C11H10F2N2O3. The molecule has 0 radical (unpaired) electrons. The quantitative estimate of drug-likeness (QED) is 0.652. The minimum Gasteiger partial charge on any atom is -0.390 e. The van der Waals surface area contributed by atoms with E-state index in [9.17, 15) is 23.5 Å². The highest BCUT2D eigenvalue weighted by atomic mass is 19.2. The first-order valence-electron chi connectivity index (χ1n) is 5.20. The zero-order chi connectivity index (χ0) is 13.3. The maximum atomic E-state index is 12.9. The lowest BCUT2D eigenvalue weighted by Gasteiger charge is -2.12. The molecular weight excluding hydrogens is 246 g/mol. The number of hydrogen-bond donors (Lipinski definition) is 3. The summed E-state index contributed by atoms with van der Waals surface area (Å²) in [6, 6.07) is 2.82. The predicted octanol–water partition coefficient (Wildman–Crippen LogP) is 0.0102. The van der Waals surface area contributed by atoms with Crippen LogP contribution >= 0.6 is 0 Å². The van der Waals surface area contributed by atoms with Crippen molar-refractivity contribution >= 4 is 17.5 Å². The Morgan fingerprint density at radius 3 is 2.67 bits per heavy atom. The van der Waals surface area contributed by atoms with Crippen LogP contribution in [-0.2, 0) is 9.59 Å². The molecule has 3 N–H and O–H groups in total. The van der Waals surface area contributed by atoms with Crippen LogP contribution in [-0.4, -0.2) is 29.6 Å². The van der Waals surface area contributed by atoms with Gasteiger partial charge in [0.2, 0.25) is 11.8 Å². The molecule has 2 amide bonds. The second kappa shape index (κ2) is 4.69. The third-order valence-electron chi connectivity index (χ3n) is 2.62. The minimum absolute atomic E-state index is 0.00526. The van der Waals surface area contributed by atoms with Crippen molar-refractivity contribution in [3.8, 4) is 0 Å². The number of carbonyl (C=O) groups excluding carboxylic acids is 2. The number of hydrogen-bond acceptors (Lipinski definition) is 3. The molecule has 1 aromatic carbocycles. The number of rotatable bonds is 2. The van der Waals surface area contributed by atoms with Gasteiger partial charge < -0.3 is 15.7 Å². The van der Waals surface area contributed by atoms with Crippen molar-refractivity contribution in [3.05, 3.63) is 29.8 Å². The standard InChI is InChI=1S/C11H10F2N2O3/c12-6-2-1-5(3-7(6)13)15-11(18)9-8(16)4-14-10(9)17/h1-3,8-9,16H,4H2,(H,14,17)(H,15,18). The zero-order valence-electron chi connectivity index (χ0n) is 9.11. The fraction of sp³-hybridized carbons (Fsp3) is 0.273. The number of benzene rings is 1. The van der Waals surface area contributed by atoms with Crippen molar-refractivity contribution in [2.75, 3.05) is 11.9 Å². The van der Waals surface area contributed by atoms with Crippen LogP contribution in [0.1, 0.15) is 0 Å². The second-order valence-electron chi connectivity index (χ2n) is 3.91. The van der Waals surface area contributed by atoms with Crippen LogP contribution in [0.2, 0.25) is 0 Å². The lowest BCUT2D eigenvalue weighted by atomic mass is 10.0. The Bertz CT molecular complexity index is 507. The van der Waals surface area contributed by atoms with E-state index in [2.05, 4.69) is 10.6 Å². The van der Waals surface area contributed by atoms with Crippen molar-refractivity contribution in [1.82, 2.24) is 5.32 Å². The smallest absolute Gasteiger partial charge is 0.239 e. The van der Waals surface area contributed by atoms with Gasteiger partial charge in [-0.1, -0.05) is 0 Å². The lowest BCUT2D eigenvalue weighted by Crippen LogP contribution is -2.34. The van der Waals surface area contributed by atoms with Crippen molar-refractivity contribution in [2.45, 2.75) is 6.10 Å². The van der Waals surface area contributed by atoms with E-state index >= 15 is 0 Å². The second-order valence-corrected chi connectivity index (χ2v) is 3.91. The highest BCUT2D eigenvalue weighted by Gasteiger charge is 2.39. The maximum absolute atomic E-state index is 12.9. The summed E-state index contributed by atoms with van der Waals surface area (Å²) in [5.74, 6) is -4.74. The van der Waals surface area contributed by atoms with Gasteiger partial charge in [-0.05, 0) is 12.1 Å². The molecule has 0 saturated carbocycles. The largest absolute Gasteiger partial charge is 0.390 e. The highest BCUT2D eigenvalue weighted by molar-refractivity contribution is 6.08. The molecule has 1 aliphatic rings. The van der Waals surface area contributed by atoms with E-state index in [-0.39, 0.29) is 12.2 Å². The van der Waals surface area contributed by atoms with E-state index in [4.69, 9.17) is 0 Å². The average molecular weight is 256 g/mol. The van der Waals surface area contributed by atoms with Crippen LogP contribution in [0.4, 0.5) is 14.5 Å². The topological polar surface area (TPSA) is 78.4 Å². The first-order valence-corrected chi connectivity index (χ1v) is 5.20. The molecule has 18 heavy (non-hydrogen) atoms. The lowest BCUT2D eigenvalue weighted by molar-refractivity contribution is -0.132. The molecule has 5 nitrogen and oxygen atoms in total. The molecule has 96 valence electrons. The Balaban J connectivity index is 2.11. The van der Waals surface area contributed by atoms with Crippen molar-refractivity contribution in [2.24, 2.45) is 5.92 Å². The summed E-state index contributed by atoms with van der Waals surface area (Å²) in [7, 11) is 0. The molecule has 1 saturated heterocycles. The van der Waals surface area contributed by atoms with E-state index in [0.29, 0.717) is 0 Å². The van der Waals surface area contributed by atoms with Crippen molar-refractivity contribution in [3.63, 3.8) is 0 Å². The molecule has 2 rings (SSSR count). The number of amides is 2. The van der Waals surface area contributed by atoms with Crippen molar-refractivity contribution < 1.29 is 23.5 Å². The molecule has 2 unspecified atom stereocenters. The fourth-order valence-corrected chi connectivity index (χ4v) is 1.70. The summed E-state index contributed by atoms with van der Waals surface area (Å²) in [4.78, 5) is 23.0. The third kappa shape index (κ3) is 2.30. The molecule has 0 aliphatic carbocycles. The van der Waals surface area contributed by atoms with E-state index in [1.807, 2.05) is 0 Å². The summed E-state index contributed by atoms with van der Waals surface area (Å²) < 4.78 is 25.6. The normalized spacial score (nSPS) is 22.7. The van der Waals surface area contributed by atoms with Gasteiger partial charge in [-0.2, -0.15) is 0 Å². The molecule has 1 heterocycles. The number of nitrogens with one attached hydrogen (secondary N) is 2. The molecule has 0 spiro atoms. The Labute approximate surface area is 101 Å². The third-order valence-corrected chi connectivity index (χ3v) is 2.62. The number of halogens is 2. The molecule has 1 aliphatic heterocycles. The molecule has 0 bridgehead atoms. The monoisotopic (exact) mass is 256 g/mol. The van der Waals surface area contributed by atoms with Gasteiger partial charge in [-0.15, -0.1) is 0 Å². The molecule has 1 fully saturated rings. The zero-order valence-corrected chi connectivity index (χ0v) is 9.11. The Morgan fingerprint density at radius 1 is 1.39 bits per heavy atom. The summed E-state index contributed by atoms with van der Waals surface area (Å²) in [6.07, 6.45) is -1.12. The fourth-order valence-electron chi connectivity index (χ4n) is 1.70. The average Bonchev–Trinajstić information content (AvgIpc) is 2.64. The summed E-state index contributed by atoms with van der Waals surface area (Å²) in [5.41, 5.74) is 0.0193. The molecule has 0 aromatic heterocycles. The van der Waals surface area contributed by atoms with Crippen LogP contribution in [0.5, 0.6) is 0 Å². The van der Waals surface area contributed by atoms with E-state index in [1.54, 1.807) is 0 Å². The van der Waals surface area contributed by atoms with E-state index in [0.717, 1.165) is 18.2 Å². The van der Waals surface area contributed by atoms with Crippen LogP contribution in [0, 0.1) is 17.6 Å². The van der Waals surface area contributed by atoms with Gasteiger partial charge in [0.25, 0.3) is 0 Å². The Morgan fingerprint density at radius 2 is 2.11 bits per heavy atom. The predicted molar refractivity (Wildman–Crippen MR) is 57.5 cm³/mol. The SMILES string of the molecule is O=C1NCC(O)C1C(=O)Nc1ccc(F)c(F)c1. The maximum Gasteiger partial charge on any atom is 0.239 e. The summed E-state index contributed by atoms with van der Waals surface area (Å²) in [5, 5.41) is 14.0. The van der Waals surface area contributed by atoms with E-state index in [1.165, 1.54) is 0 Å². The van der Waals surface area contributed by atoms with Gasteiger partial charge >= 0.3 is 0 Å². The highest BCUT2D eigenvalue weighted by Crippen LogP contribution is 2.17. The number of carbonyl (C=O) groups is 2. The van der Waals surface area contributed by atoms with Crippen LogP contribution in [0.25, 0.3) is 0 Å². The van der Waals surface area contributed by atoms with Crippen LogP contribution < -0.4 is 10.6 Å². The molecule has 2 atom stereocenters. The Hall–Kier alpha value is -2.02. The van der Waals surface area contributed by atoms with Crippen LogP contribution in [0.3, 0.4) is 0 Å². The number of aliphatic hydroxyl groups excluding tert-OH is 1. The molecule has 1 aromatic rings. The number of β-amino-alcohol motifs (C(OH)–C–C–N with tert-alkyl or cyclic N) is 1. The van der Waals surface area contributed by atoms with Gasteiger partial charge in [0.05, 0.1) is 6.10 Å². The first-order chi connectivity index (χ1) is 8.49. The molecule has 7 heteroatoms. The van der Waals surface area contributed by atoms with E-state index < -0.39 is 35.5 Å². The first kappa shape index (κ1) is 12.4.